The Labute approximate surface area is 86.6 Å². The van der Waals surface area contributed by atoms with E-state index in [1.165, 1.54) is 0 Å². The Morgan fingerprint density at radius 2 is 1.69 bits per heavy atom. The van der Waals surface area contributed by atoms with Crippen LogP contribution in [0.15, 0.2) is 0 Å². The molecule has 78 valence electrons. The molecule has 0 aliphatic carbocycles. The van der Waals surface area contributed by atoms with E-state index < -0.39 is 0 Å². The molecule has 0 aromatic heterocycles. The third-order valence-electron chi connectivity index (χ3n) is 1.79. The smallest absolute Gasteiger partial charge is 0.106 e. The van der Waals surface area contributed by atoms with Crippen molar-refractivity contribution in [1.29, 1.82) is 5.41 Å². The van der Waals surface area contributed by atoms with E-state index >= 15 is 0 Å². The van der Waals surface area contributed by atoms with E-state index in [2.05, 4.69) is 39.5 Å². The number of hydrogen-bond acceptors (Lipinski definition) is 2. The summed E-state index contributed by atoms with van der Waals surface area (Å²) < 4.78 is 0.263. The molecule has 0 saturated carbocycles. The lowest BCUT2D eigenvalue weighted by molar-refractivity contribution is 0.460. The summed E-state index contributed by atoms with van der Waals surface area (Å²) >= 11 is 1.83. The van der Waals surface area contributed by atoms with Crippen LogP contribution in [-0.2, 0) is 0 Å². The van der Waals surface area contributed by atoms with Crippen LogP contribution < -0.4 is 0 Å². The standard InChI is InChI=1S/C10H22N2S/c1-6-12(7-2)9(11)8-13-10(3,4)5/h11H,6-8H2,1-5H3. The molecule has 0 spiro atoms. The van der Waals surface area contributed by atoms with E-state index in [-0.39, 0.29) is 4.75 Å². The van der Waals surface area contributed by atoms with Crippen LogP contribution in [0.1, 0.15) is 34.6 Å². The number of nitrogens with one attached hydrogen (secondary N) is 1. The molecule has 0 unspecified atom stereocenters. The van der Waals surface area contributed by atoms with Crippen LogP contribution >= 0.6 is 11.8 Å². The van der Waals surface area contributed by atoms with Gasteiger partial charge < -0.3 is 4.90 Å². The highest BCUT2D eigenvalue weighted by molar-refractivity contribution is 8.01. The van der Waals surface area contributed by atoms with Gasteiger partial charge in [-0.1, -0.05) is 20.8 Å². The maximum absolute atomic E-state index is 7.83. The summed E-state index contributed by atoms with van der Waals surface area (Å²) in [7, 11) is 0. The van der Waals surface area contributed by atoms with E-state index in [4.69, 9.17) is 5.41 Å². The van der Waals surface area contributed by atoms with Crippen molar-refractivity contribution in [3.05, 3.63) is 0 Å². The van der Waals surface area contributed by atoms with Crippen LogP contribution in [-0.4, -0.2) is 34.3 Å². The van der Waals surface area contributed by atoms with Gasteiger partial charge in [-0.15, -0.1) is 11.8 Å². The molecular formula is C10H22N2S. The molecular weight excluding hydrogens is 180 g/mol. The molecule has 2 nitrogen and oxygen atoms in total. The second-order valence-corrected chi connectivity index (χ2v) is 5.82. The molecule has 3 heteroatoms. The Morgan fingerprint density at radius 3 is 2.00 bits per heavy atom. The van der Waals surface area contributed by atoms with Crippen molar-refractivity contribution in [3.63, 3.8) is 0 Å². The molecule has 0 heterocycles. The van der Waals surface area contributed by atoms with E-state index in [1.54, 1.807) is 0 Å². The Hall–Kier alpha value is -0.180. The van der Waals surface area contributed by atoms with Gasteiger partial charge in [-0.3, -0.25) is 5.41 Å². The summed E-state index contributed by atoms with van der Waals surface area (Å²) in [5, 5.41) is 7.83. The molecule has 1 N–H and O–H groups in total. The van der Waals surface area contributed by atoms with Crippen LogP contribution in [0.2, 0.25) is 0 Å². The minimum atomic E-state index is 0.263. The van der Waals surface area contributed by atoms with Gasteiger partial charge in [-0.2, -0.15) is 0 Å². The monoisotopic (exact) mass is 202 g/mol. The third kappa shape index (κ3) is 5.97. The molecule has 0 bridgehead atoms. The summed E-state index contributed by atoms with van der Waals surface area (Å²) in [6.07, 6.45) is 0. The van der Waals surface area contributed by atoms with Crippen molar-refractivity contribution in [2.24, 2.45) is 0 Å². The highest BCUT2D eigenvalue weighted by Crippen LogP contribution is 2.23. The first-order valence-electron chi connectivity index (χ1n) is 4.87. The summed E-state index contributed by atoms with van der Waals surface area (Å²) in [4.78, 5) is 2.10. The maximum Gasteiger partial charge on any atom is 0.106 e. The van der Waals surface area contributed by atoms with Crippen LogP contribution in [0.5, 0.6) is 0 Å². The Morgan fingerprint density at radius 1 is 1.23 bits per heavy atom. The fourth-order valence-corrected chi connectivity index (χ4v) is 1.73. The lowest BCUT2D eigenvalue weighted by Crippen LogP contribution is -2.32. The summed E-state index contributed by atoms with van der Waals surface area (Å²) in [5.41, 5.74) is 0. The van der Waals surface area contributed by atoms with Crippen LogP contribution in [0.4, 0.5) is 0 Å². The van der Waals surface area contributed by atoms with Crippen molar-refractivity contribution in [3.8, 4) is 0 Å². The topological polar surface area (TPSA) is 27.1 Å². The molecule has 0 fully saturated rings. The first kappa shape index (κ1) is 12.8. The second-order valence-electron chi connectivity index (χ2n) is 4.02. The Balaban J connectivity index is 3.86. The molecule has 0 rings (SSSR count). The predicted octanol–water partition coefficient (Wildman–Crippen LogP) is 2.84. The summed E-state index contributed by atoms with van der Waals surface area (Å²) in [6, 6.07) is 0. The van der Waals surface area contributed by atoms with Gasteiger partial charge in [-0.25, -0.2) is 0 Å². The molecule has 0 radical (unpaired) electrons. The molecule has 0 aliphatic heterocycles. The molecule has 0 aliphatic rings. The van der Waals surface area contributed by atoms with Gasteiger partial charge in [-0.05, 0) is 13.8 Å². The number of thioether (sulfide) groups is 1. The summed E-state index contributed by atoms with van der Waals surface area (Å²) in [5.74, 6) is 1.58. The van der Waals surface area contributed by atoms with Gasteiger partial charge in [0.2, 0.25) is 0 Å². The van der Waals surface area contributed by atoms with Crippen LogP contribution in [0.25, 0.3) is 0 Å². The molecule has 0 aromatic carbocycles. The number of rotatable bonds is 4. The van der Waals surface area contributed by atoms with Gasteiger partial charge in [0.15, 0.2) is 0 Å². The molecule has 0 saturated heterocycles. The van der Waals surface area contributed by atoms with Crippen LogP contribution in [0, 0.1) is 5.41 Å². The highest BCUT2D eigenvalue weighted by Gasteiger charge is 2.13. The predicted molar refractivity (Wildman–Crippen MR) is 62.9 cm³/mol. The first-order chi connectivity index (χ1) is 5.90. The average Bonchev–Trinajstić information content (AvgIpc) is 2.02. The first-order valence-corrected chi connectivity index (χ1v) is 5.85. The lowest BCUT2D eigenvalue weighted by Gasteiger charge is -2.24. The zero-order valence-electron chi connectivity index (χ0n) is 9.48. The van der Waals surface area contributed by atoms with Crippen molar-refractivity contribution >= 4 is 17.6 Å². The average molecular weight is 202 g/mol. The molecule has 13 heavy (non-hydrogen) atoms. The fourth-order valence-electron chi connectivity index (χ4n) is 0.981. The fraction of sp³-hybridized carbons (Fsp3) is 0.900. The van der Waals surface area contributed by atoms with Gasteiger partial charge in [0.25, 0.3) is 0 Å². The van der Waals surface area contributed by atoms with Gasteiger partial charge in [0.1, 0.15) is 5.84 Å². The molecule has 0 aromatic rings. The van der Waals surface area contributed by atoms with E-state index in [9.17, 15) is 0 Å². The zero-order chi connectivity index (χ0) is 10.5. The highest BCUT2D eigenvalue weighted by atomic mass is 32.2. The number of amidine groups is 1. The third-order valence-corrected chi connectivity index (χ3v) is 3.07. The Bertz CT molecular complexity index is 157. The van der Waals surface area contributed by atoms with Gasteiger partial charge in [0.05, 0.1) is 5.75 Å². The van der Waals surface area contributed by atoms with E-state index in [0.29, 0.717) is 0 Å². The van der Waals surface area contributed by atoms with Crippen molar-refractivity contribution in [2.75, 3.05) is 18.8 Å². The van der Waals surface area contributed by atoms with E-state index in [0.717, 1.165) is 24.7 Å². The van der Waals surface area contributed by atoms with Crippen molar-refractivity contribution in [2.45, 2.75) is 39.4 Å². The van der Waals surface area contributed by atoms with Gasteiger partial charge in [0, 0.05) is 17.8 Å². The Kier molecular flexibility index (Phi) is 5.45. The summed E-state index contributed by atoms with van der Waals surface area (Å²) in [6.45, 7) is 12.6. The van der Waals surface area contributed by atoms with Crippen LogP contribution in [0.3, 0.4) is 0 Å². The zero-order valence-corrected chi connectivity index (χ0v) is 10.3. The molecule has 0 atom stereocenters. The van der Waals surface area contributed by atoms with Crippen molar-refractivity contribution < 1.29 is 0 Å². The minimum absolute atomic E-state index is 0.263. The maximum atomic E-state index is 7.83. The van der Waals surface area contributed by atoms with Gasteiger partial charge >= 0.3 is 0 Å². The molecule has 0 amide bonds. The largest absolute Gasteiger partial charge is 0.360 e. The van der Waals surface area contributed by atoms with E-state index in [1.807, 2.05) is 11.8 Å². The minimum Gasteiger partial charge on any atom is -0.360 e. The number of hydrogen-bond donors (Lipinski definition) is 1. The normalized spacial score (nSPS) is 11.5. The number of nitrogens with zero attached hydrogens (tertiary/aromatic N) is 1. The lowest BCUT2D eigenvalue weighted by atomic mass is 10.3. The quantitative estimate of drug-likeness (QED) is 0.560. The second kappa shape index (κ2) is 5.53. The van der Waals surface area contributed by atoms with Crippen molar-refractivity contribution in [1.82, 2.24) is 4.90 Å². The SMILES string of the molecule is CCN(CC)C(=N)CSC(C)(C)C.